The first kappa shape index (κ1) is 14.4. The first-order valence-corrected chi connectivity index (χ1v) is 7.76. The van der Waals surface area contributed by atoms with Crippen molar-refractivity contribution in [1.82, 2.24) is 20.0 Å². The van der Waals surface area contributed by atoms with E-state index < -0.39 is 0 Å². The van der Waals surface area contributed by atoms with Crippen LogP contribution >= 0.6 is 11.3 Å². The van der Waals surface area contributed by atoms with Crippen LogP contribution in [0, 0.1) is 0 Å². The lowest BCUT2D eigenvalue weighted by atomic mass is 10.1. The Bertz CT molecular complexity index is 749. The molecule has 3 rings (SSSR count). The molecule has 112 valence electrons. The number of carbonyl (C=O) groups is 1. The van der Waals surface area contributed by atoms with Gasteiger partial charge >= 0.3 is 0 Å². The van der Waals surface area contributed by atoms with Gasteiger partial charge in [0.15, 0.2) is 0 Å². The Hall–Kier alpha value is -2.54. The lowest BCUT2D eigenvalue weighted by molar-refractivity contribution is 0.102. The van der Waals surface area contributed by atoms with E-state index in [0.29, 0.717) is 17.2 Å². The number of anilines is 1. The summed E-state index contributed by atoms with van der Waals surface area (Å²) in [6, 6.07) is 9.34. The van der Waals surface area contributed by atoms with E-state index in [-0.39, 0.29) is 5.91 Å². The molecule has 0 aliphatic rings. The van der Waals surface area contributed by atoms with Gasteiger partial charge in [-0.3, -0.25) is 14.8 Å². The molecular weight excluding hydrogens is 298 g/mol. The van der Waals surface area contributed by atoms with E-state index in [1.807, 2.05) is 36.0 Å². The van der Waals surface area contributed by atoms with Gasteiger partial charge in [0.25, 0.3) is 5.91 Å². The van der Waals surface area contributed by atoms with Crippen LogP contribution in [-0.4, -0.2) is 25.9 Å². The van der Waals surface area contributed by atoms with E-state index >= 15 is 0 Å². The first-order chi connectivity index (χ1) is 10.7. The third kappa shape index (κ3) is 3.37. The van der Waals surface area contributed by atoms with Crippen LogP contribution in [0.4, 0.5) is 5.13 Å². The van der Waals surface area contributed by atoms with E-state index in [2.05, 4.69) is 20.6 Å². The standard InChI is InChI=1S/C15H15N5OS/c1-2-13-18-19-15(22-13)17-14(21)12-6-4-11(5-7-12)10-20-9-3-8-16-20/h3-9H,2,10H2,1H3,(H,17,19,21). The molecule has 0 saturated carbocycles. The SMILES string of the molecule is CCc1nnc(NC(=O)c2ccc(Cn3cccn3)cc2)s1. The summed E-state index contributed by atoms with van der Waals surface area (Å²) < 4.78 is 1.84. The maximum absolute atomic E-state index is 12.2. The number of aromatic nitrogens is 4. The van der Waals surface area contributed by atoms with Gasteiger partial charge in [-0.05, 0) is 30.2 Å². The highest BCUT2D eigenvalue weighted by atomic mass is 32.1. The smallest absolute Gasteiger partial charge is 0.257 e. The van der Waals surface area contributed by atoms with Gasteiger partial charge in [0, 0.05) is 18.0 Å². The van der Waals surface area contributed by atoms with Gasteiger partial charge in [0.1, 0.15) is 5.01 Å². The van der Waals surface area contributed by atoms with Crippen molar-refractivity contribution in [2.75, 3.05) is 5.32 Å². The maximum atomic E-state index is 12.2. The zero-order valence-corrected chi connectivity index (χ0v) is 12.9. The van der Waals surface area contributed by atoms with Gasteiger partial charge in [-0.15, -0.1) is 10.2 Å². The van der Waals surface area contributed by atoms with Gasteiger partial charge in [0.2, 0.25) is 5.13 Å². The van der Waals surface area contributed by atoms with Gasteiger partial charge in [-0.2, -0.15) is 5.10 Å². The number of nitrogens with one attached hydrogen (secondary N) is 1. The van der Waals surface area contributed by atoms with Crippen LogP contribution in [-0.2, 0) is 13.0 Å². The minimum absolute atomic E-state index is 0.176. The monoisotopic (exact) mass is 313 g/mol. The Morgan fingerprint density at radius 1 is 1.27 bits per heavy atom. The minimum atomic E-state index is -0.176. The fourth-order valence-corrected chi connectivity index (χ4v) is 2.63. The summed E-state index contributed by atoms with van der Waals surface area (Å²) in [5.41, 5.74) is 1.68. The van der Waals surface area contributed by atoms with Crippen molar-refractivity contribution >= 4 is 22.4 Å². The number of benzene rings is 1. The molecule has 1 aromatic carbocycles. The highest BCUT2D eigenvalue weighted by Crippen LogP contribution is 2.16. The van der Waals surface area contributed by atoms with Crippen molar-refractivity contribution in [2.45, 2.75) is 19.9 Å². The molecule has 0 radical (unpaired) electrons. The third-order valence-electron chi connectivity index (χ3n) is 3.11. The van der Waals surface area contributed by atoms with Crippen LogP contribution in [0.3, 0.4) is 0 Å². The molecule has 7 heteroatoms. The number of nitrogens with zero attached hydrogens (tertiary/aromatic N) is 4. The molecule has 3 aromatic rings. The Morgan fingerprint density at radius 2 is 2.09 bits per heavy atom. The Kier molecular flexibility index (Phi) is 4.24. The Balaban J connectivity index is 1.65. The van der Waals surface area contributed by atoms with E-state index in [9.17, 15) is 4.79 Å². The summed E-state index contributed by atoms with van der Waals surface area (Å²) in [6.45, 7) is 2.69. The predicted octanol–water partition coefficient (Wildman–Crippen LogP) is 2.60. The molecular formula is C15H15N5OS. The number of carbonyl (C=O) groups excluding carboxylic acids is 1. The van der Waals surface area contributed by atoms with Gasteiger partial charge in [0.05, 0.1) is 6.54 Å². The molecule has 0 saturated heterocycles. The van der Waals surface area contributed by atoms with Crippen LogP contribution < -0.4 is 5.32 Å². The second kappa shape index (κ2) is 6.48. The molecule has 22 heavy (non-hydrogen) atoms. The number of amides is 1. The lowest BCUT2D eigenvalue weighted by Crippen LogP contribution is -2.11. The second-order valence-electron chi connectivity index (χ2n) is 4.71. The normalized spacial score (nSPS) is 10.6. The fraction of sp³-hybridized carbons (Fsp3) is 0.200. The van der Waals surface area contributed by atoms with Crippen molar-refractivity contribution in [3.63, 3.8) is 0 Å². The van der Waals surface area contributed by atoms with E-state index in [1.54, 1.807) is 18.3 Å². The molecule has 0 bridgehead atoms. The zero-order chi connectivity index (χ0) is 15.4. The van der Waals surface area contributed by atoms with Crippen molar-refractivity contribution in [3.8, 4) is 0 Å². The molecule has 0 aliphatic heterocycles. The van der Waals surface area contributed by atoms with Crippen molar-refractivity contribution in [2.24, 2.45) is 0 Å². The number of rotatable bonds is 5. The van der Waals surface area contributed by atoms with Gasteiger partial charge < -0.3 is 0 Å². The molecule has 1 N–H and O–H groups in total. The summed E-state index contributed by atoms with van der Waals surface area (Å²) >= 11 is 1.40. The molecule has 6 nitrogen and oxygen atoms in total. The summed E-state index contributed by atoms with van der Waals surface area (Å²) in [7, 11) is 0. The average molecular weight is 313 g/mol. The quantitative estimate of drug-likeness (QED) is 0.786. The van der Waals surface area contributed by atoms with Crippen LogP contribution in [0.2, 0.25) is 0 Å². The fourth-order valence-electron chi connectivity index (χ4n) is 1.96. The van der Waals surface area contributed by atoms with Crippen molar-refractivity contribution < 1.29 is 4.79 Å². The molecule has 2 aromatic heterocycles. The molecule has 2 heterocycles. The maximum Gasteiger partial charge on any atom is 0.257 e. The van der Waals surface area contributed by atoms with Crippen LogP contribution in [0.5, 0.6) is 0 Å². The molecule has 0 aliphatic carbocycles. The highest BCUT2D eigenvalue weighted by molar-refractivity contribution is 7.15. The van der Waals surface area contributed by atoms with E-state index in [0.717, 1.165) is 17.0 Å². The topological polar surface area (TPSA) is 72.7 Å². The van der Waals surface area contributed by atoms with Crippen LogP contribution in [0.15, 0.2) is 42.7 Å². The van der Waals surface area contributed by atoms with Crippen molar-refractivity contribution in [3.05, 3.63) is 58.9 Å². The van der Waals surface area contributed by atoms with E-state index in [1.165, 1.54) is 11.3 Å². The van der Waals surface area contributed by atoms with Gasteiger partial charge in [-0.25, -0.2) is 0 Å². The first-order valence-electron chi connectivity index (χ1n) is 6.94. The molecule has 1 amide bonds. The molecule has 0 unspecified atom stereocenters. The van der Waals surface area contributed by atoms with Crippen LogP contribution in [0.1, 0.15) is 27.9 Å². The summed E-state index contributed by atoms with van der Waals surface area (Å²) in [6.07, 6.45) is 4.46. The minimum Gasteiger partial charge on any atom is -0.296 e. The zero-order valence-electron chi connectivity index (χ0n) is 12.1. The summed E-state index contributed by atoms with van der Waals surface area (Å²) in [5, 5.41) is 16.3. The predicted molar refractivity (Wildman–Crippen MR) is 85.0 cm³/mol. The molecule has 0 fully saturated rings. The average Bonchev–Trinajstić information content (AvgIpc) is 3.19. The molecule has 0 spiro atoms. The largest absolute Gasteiger partial charge is 0.296 e. The number of aryl methyl sites for hydroxylation is 1. The number of hydrogen-bond acceptors (Lipinski definition) is 5. The third-order valence-corrected chi connectivity index (χ3v) is 4.09. The van der Waals surface area contributed by atoms with Crippen LogP contribution in [0.25, 0.3) is 0 Å². The lowest BCUT2D eigenvalue weighted by Gasteiger charge is -2.04. The Labute approximate surface area is 131 Å². The second-order valence-corrected chi connectivity index (χ2v) is 5.77. The molecule has 0 atom stereocenters. The summed E-state index contributed by atoms with van der Waals surface area (Å²) in [4.78, 5) is 12.2. The number of hydrogen-bond donors (Lipinski definition) is 1. The van der Waals surface area contributed by atoms with Crippen molar-refractivity contribution in [1.29, 1.82) is 0 Å². The van der Waals surface area contributed by atoms with Gasteiger partial charge in [-0.1, -0.05) is 30.4 Å². The highest BCUT2D eigenvalue weighted by Gasteiger charge is 2.09. The van der Waals surface area contributed by atoms with E-state index in [4.69, 9.17) is 0 Å². The summed E-state index contributed by atoms with van der Waals surface area (Å²) in [5.74, 6) is -0.176. The Morgan fingerprint density at radius 3 is 2.73 bits per heavy atom.